The summed E-state index contributed by atoms with van der Waals surface area (Å²) in [5, 5.41) is 0. The van der Waals surface area contributed by atoms with E-state index in [2.05, 4.69) is 4.90 Å². The van der Waals surface area contributed by atoms with E-state index in [0.717, 1.165) is 42.1 Å². The van der Waals surface area contributed by atoms with Crippen molar-refractivity contribution in [2.45, 2.75) is 58.1 Å². The van der Waals surface area contributed by atoms with Crippen LogP contribution < -0.4 is 4.90 Å². The molecule has 0 spiro atoms. The van der Waals surface area contributed by atoms with Gasteiger partial charge in [0.05, 0.1) is 17.1 Å². The normalized spacial score (nSPS) is 20.5. The van der Waals surface area contributed by atoms with Crippen molar-refractivity contribution in [3.8, 4) is 0 Å². The second kappa shape index (κ2) is 6.98. The van der Waals surface area contributed by atoms with Gasteiger partial charge in [-0.3, -0.25) is 4.90 Å². The SMILES string of the molecule is CC(C)(C)OC(=O)N1CCC1c1nc2ccccc2nc1N1CCCCC1. The summed E-state index contributed by atoms with van der Waals surface area (Å²) in [6, 6.07) is 7.91. The highest BCUT2D eigenvalue weighted by Crippen LogP contribution is 2.39. The molecule has 2 fully saturated rings. The summed E-state index contributed by atoms with van der Waals surface area (Å²) < 4.78 is 5.59. The minimum atomic E-state index is -0.498. The van der Waals surface area contributed by atoms with Gasteiger partial charge in [0.1, 0.15) is 11.3 Å². The Bertz CT molecular complexity index is 840. The molecule has 4 rings (SSSR count). The Labute approximate surface area is 160 Å². The van der Waals surface area contributed by atoms with E-state index in [9.17, 15) is 4.79 Å². The number of carbonyl (C=O) groups excluding carboxylic acids is 1. The lowest BCUT2D eigenvalue weighted by Gasteiger charge is -2.42. The molecule has 2 aromatic rings. The van der Waals surface area contributed by atoms with Crippen molar-refractivity contribution in [3.63, 3.8) is 0 Å². The van der Waals surface area contributed by atoms with E-state index in [-0.39, 0.29) is 12.1 Å². The van der Waals surface area contributed by atoms with Crippen molar-refractivity contribution < 1.29 is 9.53 Å². The maximum Gasteiger partial charge on any atom is 0.410 e. The largest absolute Gasteiger partial charge is 0.444 e. The van der Waals surface area contributed by atoms with Crippen molar-refractivity contribution in [1.29, 1.82) is 0 Å². The van der Waals surface area contributed by atoms with Crippen LogP contribution in [0.5, 0.6) is 0 Å². The molecule has 0 bridgehead atoms. The predicted molar refractivity (Wildman–Crippen MR) is 106 cm³/mol. The molecule has 1 aromatic carbocycles. The highest BCUT2D eigenvalue weighted by molar-refractivity contribution is 5.77. The number of hydrogen-bond donors (Lipinski definition) is 0. The van der Waals surface area contributed by atoms with E-state index in [1.165, 1.54) is 19.3 Å². The molecule has 2 aliphatic rings. The summed E-state index contributed by atoms with van der Waals surface area (Å²) in [5.41, 5.74) is 2.20. The summed E-state index contributed by atoms with van der Waals surface area (Å²) in [7, 11) is 0. The molecule has 144 valence electrons. The van der Waals surface area contributed by atoms with Crippen molar-refractivity contribution in [2.24, 2.45) is 0 Å². The fraction of sp³-hybridized carbons (Fsp3) is 0.571. The molecule has 3 heterocycles. The van der Waals surface area contributed by atoms with Gasteiger partial charge in [-0.1, -0.05) is 12.1 Å². The summed E-state index contributed by atoms with van der Waals surface area (Å²) in [6.07, 6.45) is 4.24. The van der Waals surface area contributed by atoms with Gasteiger partial charge in [-0.05, 0) is 58.6 Å². The number of amides is 1. The number of ether oxygens (including phenoxy) is 1. The molecule has 6 heteroatoms. The Morgan fingerprint density at radius 2 is 1.70 bits per heavy atom. The second-order valence-corrected chi connectivity index (χ2v) is 8.45. The summed E-state index contributed by atoms with van der Waals surface area (Å²) in [6.45, 7) is 8.39. The van der Waals surface area contributed by atoms with Crippen LogP contribution in [0.25, 0.3) is 11.0 Å². The molecule has 0 N–H and O–H groups in total. The third-order valence-electron chi connectivity index (χ3n) is 5.20. The number of piperidine rings is 1. The van der Waals surface area contributed by atoms with E-state index < -0.39 is 5.60 Å². The molecule has 1 aromatic heterocycles. The first-order valence-electron chi connectivity index (χ1n) is 9.94. The van der Waals surface area contributed by atoms with Crippen LogP contribution in [-0.2, 0) is 4.74 Å². The Kier molecular flexibility index (Phi) is 4.66. The van der Waals surface area contributed by atoms with E-state index >= 15 is 0 Å². The first-order valence-corrected chi connectivity index (χ1v) is 9.94. The lowest BCUT2D eigenvalue weighted by Crippen LogP contribution is -2.48. The monoisotopic (exact) mass is 368 g/mol. The van der Waals surface area contributed by atoms with Crippen LogP contribution in [0.3, 0.4) is 0 Å². The first-order chi connectivity index (χ1) is 12.9. The van der Waals surface area contributed by atoms with Crippen molar-refractivity contribution in [3.05, 3.63) is 30.0 Å². The number of rotatable bonds is 2. The number of carbonyl (C=O) groups is 1. The van der Waals surface area contributed by atoms with Gasteiger partial charge >= 0.3 is 6.09 Å². The first kappa shape index (κ1) is 18.0. The van der Waals surface area contributed by atoms with Crippen LogP contribution in [0, 0.1) is 0 Å². The molecule has 1 amide bonds. The Morgan fingerprint density at radius 3 is 2.30 bits per heavy atom. The quantitative estimate of drug-likeness (QED) is 0.791. The number of para-hydroxylation sites is 2. The zero-order valence-corrected chi connectivity index (χ0v) is 16.4. The highest BCUT2D eigenvalue weighted by atomic mass is 16.6. The number of hydrogen-bond acceptors (Lipinski definition) is 5. The van der Waals surface area contributed by atoms with Gasteiger partial charge in [0.25, 0.3) is 0 Å². The van der Waals surface area contributed by atoms with E-state index in [0.29, 0.717) is 6.54 Å². The van der Waals surface area contributed by atoms with E-state index in [1.54, 1.807) is 4.90 Å². The second-order valence-electron chi connectivity index (χ2n) is 8.45. The molecule has 2 saturated heterocycles. The zero-order chi connectivity index (χ0) is 19.0. The minimum Gasteiger partial charge on any atom is -0.444 e. The molecule has 2 aliphatic heterocycles. The number of fused-ring (bicyclic) bond motifs is 1. The summed E-state index contributed by atoms with van der Waals surface area (Å²) in [5.74, 6) is 0.937. The average Bonchev–Trinajstić information content (AvgIpc) is 2.59. The Hall–Kier alpha value is -2.37. The molecule has 0 saturated carbocycles. The van der Waals surface area contributed by atoms with E-state index in [1.807, 2.05) is 45.0 Å². The van der Waals surface area contributed by atoms with Gasteiger partial charge in [0.2, 0.25) is 0 Å². The molecular weight excluding hydrogens is 340 g/mol. The molecule has 0 aliphatic carbocycles. The van der Waals surface area contributed by atoms with Gasteiger partial charge < -0.3 is 9.64 Å². The fourth-order valence-electron chi connectivity index (χ4n) is 3.78. The molecule has 1 atom stereocenters. The molecule has 6 nitrogen and oxygen atoms in total. The van der Waals surface area contributed by atoms with Crippen molar-refractivity contribution >= 4 is 22.9 Å². The zero-order valence-electron chi connectivity index (χ0n) is 16.4. The maximum absolute atomic E-state index is 12.6. The fourth-order valence-corrected chi connectivity index (χ4v) is 3.78. The van der Waals surface area contributed by atoms with Crippen LogP contribution in [-0.4, -0.2) is 46.2 Å². The van der Waals surface area contributed by atoms with Crippen LogP contribution in [0.15, 0.2) is 24.3 Å². The lowest BCUT2D eigenvalue weighted by molar-refractivity contribution is -0.00643. The lowest BCUT2D eigenvalue weighted by atomic mass is 9.98. The average molecular weight is 368 g/mol. The third kappa shape index (κ3) is 3.70. The van der Waals surface area contributed by atoms with Gasteiger partial charge in [-0.25, -0.2) is 14.8 Å². The molecule has 0 radical (unpaired) electrons. The van der Waals surface area contributed by atoms with Crippen molar-refractivity contribution in [1.82, 2.24) is 14.9 Å². The summed E-state index contributed by atoms with van der Waals surface area (Å²) in [4.78, 5) is 26.6. The van der Waals surface area contributed by atoms with Crippen LogP contribution in [0.4, 0.5) is 10.6 Å². The summed E-state index contributed by atoms with van der Waals surface area (Å²) >= 11 is 0. The molecule has 27 heavy (non-hydrogen) atoms. The van der Waals surface area contributed by atoms with Crippen molar-refractivity contribution in [2.75, 3.05) is 24.5 Å². The number of benzene rings is 1. The number of nitrogens with zero attached hydrogens (tertiary/aromatic N) is 4. The molecule has 1 unspecified atom stereocenters. The standard InChI is InChI=1S/C21H28N4O2/c1-21(2,3)27-20(26)25-14-11-17(25)18-19(24-12-7-4-8-13-24)23-16-10-6-5-9-15(16)22-18/h5-6,9-10,17H,4,7-8,11-14H2,1-3H3. The van der Waals surface area contributed by atoms with Gasteiger partial charge in [0.15, 0.2) is 5.82 Å². The Morgan fingerprint density at radius 1 is 1.04 bits per heavy atom. The van der Waals surface area contributed by atoms with Crippen LogP contribution in [0.2, 0.25) is 0 Å². The predicted octanol–water partition coefficient (Wildman–Crippen LogP) is 4.30. The number of aromatic nitrogens is 2. The number of likely N-dealkylation sites (tertiary alicyclic amines) is 1. The smallest absolute Gasteiger partial charge is 0.410 e. The highest BCUT2D eigenvalue weighted by Gasteiger charge is 2.39. The maximum atomic E-state index is 12.6. The van der Waals surface area contributed by atoms with Gasteiger partial charge in [0, 0.05) is 19.6 Å². The number of anilines is 1. The van der Waals surface area contributed by atoms with Crippen LogP contribution >= 0.6 is 0 Å². The van der Waals surface area contributed by atoms with Gasteiger partial charge in [-0.2, -0.15) is 0 Å². The third-order valence-corrected chi connectivity index (χ3v) is 5.20. The van der Waals surface area contributed by atoms with E-state index in [4.69, 9.17) is 14.7 Å². The Balaban J connectivity index is 1.70. The minimum absolute atomic E-state index is 0.0612. The van der Waals surface area contributed by atoms with Gasteiger partial charge in [-0.15, -0.1) is 0 Å². The van der Waals surface area contributed by atoms with Crippen LogP contribution in [0.1, 0.15) is 58.2 Å². The topological polar surface area (TPSA) is 58.6 Å². The molecular formula is C21H28N4O2.